The molecule has 0 saturated heterocycles. The lowest BCUT2D eigenvalue weighted by molar-refractivity contribution is 0.345. The number of hydrogen-bond acceptors (Lipinski definition) is 5. The maximum Gasteiger partial charge on any atom is 0.319 e. The molecule has 0 N–H and O–H groups in total. The molecule has 0 spiro atoms. The molecule has 0 aliphatic rings. The van der Waals surface area contributed by atoms with E-state index in [2.05, 4.69) is 32.0 Å². The fourth-order valence-corrected chi connectivity index (χ4v) is 3.30. The first-order valence-corrected chi connectivity index (χ1v) is 8.37. The van der Waals surface area contributed by atoms with E-state index in [-0.39, 0.29) is 11.9 Å². The van der Waals surface area contributed by atoms with Crippen LogP contribution in [0.5, 0.6) is 11.9 Å². The summed E-state index contributed by atoms with van der Waals surface area (Å²) in [6.45, 7) is 6.04. The molecular weight excluding hydrogens is 370 g/mol. The SMILES string of the molecule is COc1nc(OC)c(C(C)C)c(C(C#N)c2cc(C)cc(Br)c2)n1. The van der Waals surface area contributed by atoms with Gasteiger partial charge in [-0.3, -0.25) is 0 Å². The lowest BCUT2D eigenvalue weighted by Crippen LogP contribution is -2.12. The highest BCUT2D eigenvalue weighted by molar-refractivity contribution is 9.10. The maximum absolute atomic E-state index is 9.84. The second-order valence-electron chi connectivity index (χ2n) is 5.80. The smallest absolute Gasteiger partial charge is 0.319 e. The summed E-state index contributed by atoms with van der Waals surface area (Å²) in [5.41, 5.74) is 3.38. The number of hydrogen-bond donors (Lipinski definition) is 0. The molecule has 0 aliphatic carbocycles. The molecule has 1 heterocycles. The van der Waals surface area contributed by atoms with Crippen LogP contribution < -0.4 is 9.47 Å². The summed E-state index contributed by atoms with van der Waals surface area (Å²) in [6.07, 6.45) is 0. The van der Waals surface area contributed by atoms with Crippen molar-refractivity contribution in [2.75, 3.05) is 14.2 Å². The second-order valence-corrected chi connectivity index (χ2v) is 6.71. The van der Waals surface area contributed by atoms with Crippen molar-refractivity contribution < 1.29 is 9.47 Å². The van der Waals surface area contributed by atoms with Crippen molar-refractivity contribution >= 4 is 15.9 Å². The van der Waals surface area contributed by atoms with Gasteiger partial charge in [0.1, 0.15) is 5.92 Å². The average molecular weight is 390 g/mol. The van der Waals surface area contributed by atoms with E-state index in [9.17, 15) is 5.26 Å². The molecule has 1 aromatic heterocycles. The van der Waals surface area contributed by atoms with Crippen LogP contribution in [0.2, 0.25) is 0 Å². The lowest BCUT2D eigenvalue weighted by atomic mass is 9.89. The number of aromatic nitrogens is 2. The maximum atomic E-state index is 9.84. The fourth-order valence-electron chi connectivity index (χ4n) is 2.68. The molecule has 1 atom stereocenters. The largest absolute Gasteiger partial charge is 0.481 e. The van der Waals surface area contributed by atoms with Crippen molar-refractivity contribution in [2.45, 2.75) is 32.6 Å². The van der Waals surface area contributed by atoms with Gasteiger partial charge >= 0.3 is 6.01 Å². The second kappa shape index (κ2) is 7.63. The summed E-state index contributed by atoms with van der Waals surface area (Å²) in [7, 11) is 3.06. The van der Waals surface area contributed by atoms with E-state index < -0.39 is 5.92 Å². The van der Waals surface area contributed by atoms with E-state index in [1.165, 1.54) is 7.11 Å². The Labute approximate surface area is 150 Å². The molecule has 2 aromatic rings. The first-order chi connectivity index (χ1) is 11.4. The van der Waals surface area contributed by atoms with Crippen molar-refractivity contribution in [3.05, 3.63) is 45.1 Å². The summed E-state index contributed by atoms with van der Waals surface area (Å²) >= 11 is 3.50. The summed E-state index contributed by atoms with van der Waals surface area (Å²) in [5, 5.41) is 9.84. The number of ether oxygens (including phenoxy) is 2. The van der Waals surface area contributed by atoms with Gasteiger partial charge in [0.05, 0.1) is 26.0 Å². The van der Waals surface area contributed by atoms with E-state index in [1.807, 2.05) is 39.0 Å². The molecule has 0 bridgehead atoms. The van der Waals surface area contributed by atoms with Crippen LogP contribution in [0.1, 0.15) is 48.1 Å². The van der Waals surface area contributed by atoms with Gasteiger partial charge < -0.3 is 9.47 Å². The molecule has 126 valence electrons. The molecule has 0 fully saturated rings. The molecule has 1 unspecified atom stereocenters. The molecular formula is C18H20BrN3O2. The Hall–Kier alpha value is -2.13. The minimum absolute atomic E-state index is 0.102. The van der Waals surface area contributed by atoms with Crippen LogP contribution in [0.15, 0.2) is 22.7 Å². The molecule has 2 rings (SSSR count). The van der Waals surface area contributed by atoms with Crippen molar-refractivity contribution in [1.82, 2.24) is 9.97 Å². The van der Waals surface area contributed by atoms with E-state index in [1.54, 1.807) is 7.11 Å². The quantitative estimate of drug-likeness (QED) is 0.760. The van der Waals surface area contributed by atoms with Crippen LogP contribution in [-0.2, 0) is 0 Å². The summed E-state index contributed by atoms with van der Waals surface area (Å²) < 4.78 is 11.5. The average Bonchev–Trinajstić information content (AvgIpc) is 2.53. The molecule has 6 heteroatoms. The number of nitrogens with zero attached hydrogens (tertiary/aromatic N) is 3. The normalized spacial score (nSPS) is 11.9. The van der Waals surface area contributed by atoms with Crippen molar-refractivity contribution in [2.24, 2.45) is 0 Å². The molecule has 24 heavy (non-hydrogen) atoms. The van der Waals surface area contributed by atoms with Crippen LogP contribution in [0.25, 0.3) is 0 Å². The predicted molar refractivity (Wildman–Crippen MR) is 95.6 cm³/mol. The monoisotopic (exact) mass is 389 g/mol. The Bertz CT molecular complexity index is 764. The van der Waals surface area contributed by atoms with Crippen LogP contribution in [0.3, 0.4) is 0 Å². The van der Waals surface area contributed by atoms with Crippen LogP contribution in [0, 0.1) is 18.3 Å². The van der Waals surface area contributed by atoms with Crippen LogP contribution in [-0.4, -0.2) is 24.2 Å². The van der Waals surface area contributed by atoms with Gasteiger partial charge in [0, 0.05) is 10.0 Å². The lowest BCUT2D eigenvalue weighted by Gasteiger charge is -2.19. The summed E-state index contributed by atoms with van der Waals surface area (Å²) in [4.78, 5) is 8.74. The third-order valence-electron chi connectivity index (χ3n) is 3.67. The van der Waals surface area contributed by atoms with Crippen LogP contribution >= 0.6 is 15.9 Å². The predicted octanol–water partition coefficient (Wildman–Crippen LogP) is 4.34. The zero-order valence-corrected chi connectivity index (χ0v) is 16.0. The number of benzene rings is 1. The van der Waals surface area contributed by atoms with Gasteiger partial charge in [0.25, 0.3) is 0 Å². The topological polar surface area (TPSA) is 68.0 Å². The summed E-state index contributed by atoms with van der Waals surface area (Å²) in [5.74, 6) is 0.00757. The standard InChI is InChI=1S/C18H20BrN3O2/c1-10(2)15-16(21-18(24-5)22-17(15)23-4)14(9-20)12-6-11(3)7-13(19)8-12/h6-8,10,14H,1-5H3. The molecule has 1 aromatic carbocycles. The Morgan fingerprint density at radius 2 is 1.83 bits per heavy atom. The third-order valence-corrected chi connectivity index (χ3v) is 4.13. The Morgan fingerprint density at radius 1 is 1.12 bits per heavy atom. The van der Waals surface area contributed by atoms with E-state index in [0.29, 0.717) is 11.6 Å². The van der Waals surface area contributed by atoms with Gasteiger partial charge in [-0.05, 0) is 36.1 Å². The van der Waals surface area contributed by atoms with E-state index >= 15 is 0 Å². The number of nitriles is 1. The minimum Gasteiger partial charge on any atom is -0.481 e. The van der Waals surface area contributed by atoms with Gasteiger partial charge in [0.15, 0.2) is 0 Å². The number of halogens is 1. The first kappa shape index (κ1) is 18.2. The molecule has 0 amide bonds. The first-order valence-electron chi connectivity index (χ1n) is 7.57. The van der Waals surface area contributed by atoms with Crippen molar-refractivity contribution in [1.29, 1.82) is 5.26 Å². The number of aryl methyl sites for hydroxylation is 1. The van der Waals surface area contributed by atoms with Gasteiger partial charge in [0.2, 0.25) is 5.88 Å². The minimum atomic E-state index is -0.538. The fraction of sp³-hybridized carbons (Fsp3) is 0.389. The highest BCUT2D eigenvalue weighted by Crippen LogP contribution is 2.36. The Balaban J connectivity index is 2.73. The zero-order valence-electron chi connectivity index (χ0n) is 14.4. The molecule has 0 saturated carbocycles. The van der Waals surface area contributed by atoms with Crippen molar-refractivity contribution in [3.63, 3.8) is 0 Å². The highest BCUT2D eigenvalue weighted by Gasteiger charge is 2.26. The Kier molecular flexibility index (Phi) is 5.79. The highest BCUT2D eigenvalue weighted by atomic mass is 79.9. The molecule has 0 aliphatic heterocycles. The number of rotatable bonds is 5. The van der Waals surface area contributed by atoms with Crippen LogP contribution in [0.4, 0.5) is 0 Å². The zero-order chi connectivity index (χ0) is 17.9. The van der Waals surface area contributed by atoms with E-state index in [4.69, 9.17) is 9.47 Å². The van der Waals surface area contributed by atoms with Gasteiger partial charge in [-0.2, -0.15) is 15.2 Å². The van der Waals surface area contributed by atoms with E-state index in [0.717, 1.165) is 21.2 Å². The van der Waals surface area contributed by atoms with Gasteiger partial charge in [-0.25, -0.2) is 0 Å². The Morgan fingerprint density at radius 3 is 2.33 bits per heavy atom. The third kappa shape index (κ3) is 3.68. The van der Waals surface area contributed by atoms with Gasteiger partial charge in [-0.1, -0.05) is 35.8 Å². The van der Waals surface area contributed by atoms with Crippen molar-refractivity contribution in [3.8, 4) is 18.0 Å². The number of methoxy groups -OCH3 is 2. The van der Waals surface area contributed by atoms with Gasteiger partial charge in [-0.15, -0.1) is 0 Å². The molecule has 5 nitrogen and oxygen atoms in total. The summed E-state index contributed by atoms with van der Waals surface area (Å²) in [6, 6.07) is 8.49. The molecule has 0 radical (unpaired) electrons.